The first kappa shape index (κ1) is 13.5. The summed E-state index contributed by atoms with van der Waals surface area (Å²) < 4.78 is 0. The first-order valence-corrected chi connectivity index (χ1v) is 8.06. The molecule has 2 aliphatic rings. The number of rotatable bonds is 4. The predicted molar refractivity (Wildman–Crippen MR) is 86.8 cm³/mol. The van der Waals surface area contributed by atoms with Crippen LogP contribution in [0.5, 0.6) is 0 Å². The van der Waals surface area contributed by atoms with E-state index in [4.69, 9.17) is 0 Å². The lowest BCUT2D eigenvalue weighted by Crippen LogP contribution is -2.17. The number of nitrogens with one attached hydrogen (secondary N) is 1. The number of hydrogen-bond donors (Lipinski definition) is 1. The Morgan fingerprint density at radius 1 is 1.41 bits per heavy atom. The summed E-state index contributed by atoms with van der Waals surface area (Å²) in [7, 11) is 0. The third kappa shape index (κ3) is 2.21. The van der Waals surface area contributed by atoms with Gasteiger partial charge in [0.25, 0.3) is 0 Å². The molecule has 3 nitrogen and oxygen atoms in total. The molecule has 4 rings (SSSR count). The number of fused-ring (bicyclic) bond motifs is 2. The van der Waals surface area contributed by atoms with Crippen molar-refractivity contribution in [2.24, 2.45) is 5.92 Å². The third-order valence-corrected chi connectivity index (χ3v) is 5.35. The van der Waals surface area contributed by atoms with Crippen LogP contribution in [-0.2, 0) is 11.8 Å². The zero-order chi connectivity index (χ0) is 15.0. The summed E-state index contributed by atoms with van der Waals surface area (Å²) in [6, 6.07) is 6.14. The van der Waals surface area contributed by atoms with Gasteiger partial charge < -0.3 is 4.98 Å². The van der Waals surface area contributed by atoms with Crippen LogP contribution in [0.15, 0.2) is 36.8 Å². The maximum atomic E-state index is 10.9. The van der Waals surface area contributed by atoms with Crippen molar-refractivity contribution in [2.75, 3.05) is 0 Å². The quantitative estimate of drug-likeness (QED) is 0.868. The summed E-state index contributed by atoms with van der Waals surface area (Å²) in [4.78, 5) is 18.3. The van der Waals surface area contributed by atoms with Crippen LogP contribution in [0.25, 0.3) is 6.08 Å². The van der Waals surface area contributed by atoms with Crippen LogP contribution in [0.3, 0.4) is 0 Å². The minimum atomic E-state index is 0.215. The minimum Gasteiger partial charge on any atom is -0.351 e. The van der Waals surface area contributed by atoms with E-state index in [2.05, 4.69) is 28.2 Å². The van der Waals surface area contributed by atoms with Crippen LogP contribution in [0.2, 0.25) is 0 Å². The molecular formula is C19H20N2O. The molecule has 112 valence electrons. The van der Waals surface area contributed by atoms with Crippen LogP contribution in [0.1, 0.15) is 52.9 Å². The second kappa shape index (κ2) is 5.24. The van der Waals surface area contributed by atoms with Crippen molar-refractivity contribution in [1.82, 2.24) is 9.97 Å². The summed E-state index contributed by atoms with van der Waals surface area (Å²) in [6.45, 7) is 0. The van der Waals surface area contributed by atoms with E-state index in [1.807, 2.05) is 18.3 Å². The Morgan fingerprint density at radius 2 is 2.36 bits per heavy atom. The molecule has 2 unspecified atom stereocenters. The van der Waals surface area contributed by atoms with Crippen LogP contribution >= 0.6 is 0 Å². The molecule has 2 atom stereocenters. The molecule has 22 heavy (non-hydrogen) atoms. The second-order valence-corrected chi connectivity index (χ2v) is 6.66. The number of nitrogens with zero attached hydrogens (tertiary/aromatic N) is 1. The molecule has 0 saturated heterocycles. The summed E-state index contributed by atoms with van der Waals surface area (Å²) >= 11 is 0. The molecule has 0 aliphatic heterocycles. The Balaban J connectivity index is 1.49. The van der Waals surface area contributed by atoms with Gasteiger partial charge in [-0.3, -0.25) is 4.79 Å². The molecule has 1 heterocycles. The molecule has 2 aromatic rings. The average molecular weight is 292 g/mol. The van der Waals surface area contributed by atoms with E-state index in [9.17, 15) is 4.79 Å². The zero-order valence-electron chi connectivity index (χ0n) is 12.6. The first-order chi connectivity index (χ1) is 10.8. The van der Waals surface area contributed by atoms with E-state index >= 15 is 0 Å². The maximum absolute atomic E-state index is 10.9. The average Bonchev–Trinajstić information content (AvgIpc) is 3.27. The normalized spacial score (nSPS) is 25.7. The van der Waals surface area contributed by atoms with Gasteiger partial charge in [0.2, 0.25) is 0 Å². The van der Waals surface area contributed by atoms with Gasteiger partial charge in [-0.05, 0) is 55.2 Å². The Morgan fingerprint density at radius 3 is 3.18 bits per heavy atom. The SMILES string of the molecule is O=Cc1ccc2c(c1)C=CC21CCC(CCc2c[nH]cn2)C1. The van der Waals surface area contributed by atoms with Gasteiger partial charge in [-0.25, -0.2) is 4.98 Å². The number of aryl methyl sites for hydroxylation is 1. The molecule has 0 amide bonds. The van der Waals surface area contributed by atoms with Crippen molar-refractivity contribution in [2.45, 2.75) is 37.5 Å². The van der Waals surface area contributed by atoms with Gasteiger partial charge in [0.1, 0.15) is 6.29 Å². The van der Waals surface area contributed by atoms with E-state index < -0.39 is 0 Å². The number of aromatic nitrogens is 2. The fraction of sp³-hybridized carbons (Fsp3) is 0.368. The van der Waals surface area contributed by atoms with Gasteiger partial charge >= 0.3 is 0 Å². The summed E-state index contributed by atoms with van der Waals surface area (Å²) in [5.74, 6) is 0.762. The lowest BCUT2D eigenvalue weighted by atomic mass is 9.79. The lowest BCUT2D eigenvalue weighted by molar-refractivity contribution is 0.112. The van der Waals surface area contributed by atoms with Crippen LogP contribution < -0.4 is 0 Å². The molecule has 1 fully saturated rings. The fourth-order valence-electron chi connectivity index (χ4n) is 4.19. The molecule has 1 spiro atoms. The van der Waals surface area contributed by atoms with Crippen LogP contribution in [0.4, 0.5) is 0 Å². The van der Waals surface area contributed by atoms with E-state index in [1.54, 1.807) is 6.33 Å². The number of H-pyrrole nitrogens is 1. The number of allylic oxidation sites excluding steroid dienone is 1. The number of aldehydes is 1. The van der Waals surface area contributed by atoms with E-state index in [1.165, 1.54) is 42.5 Å². The minimum absolute atomic E-state index is 0.215. The monoisotopic (exact) mass is 292 g/mol. The smallest absolute Gasteiger partial charge is 0.150 e. The molecule has 0 bridgehead atoms. The van der Waals surface area contributed by atoms with Crippen molar-refractivity contribution in [3.63, 3.8) is 0 Å². The van der Waals surface area contributed by atoms with E-state index in [0.29, 0.717) is 0 Å². The van der Waals surface area contributed by atoms with Gasteiger partial charge in [-0.2, -0.15) is 0 Å². The molecule has 3 heteroatoms. The highest BCUT2D eigenvalue weighted by Crippen LogP contribution is 2.51. The van der Waals surface area contributed by atoms with Crippen molar-refractivity contribution in [3.8, 4) is 0 Å². The molecule has 1 N–H and O–H groups in total. The second-order valence-electron chi connectivity index (χ2n) is 6.66. The first-order valence-electron chi connectivity index (χ1n) is 8.06. The van der Waals surface area contributed by atoms with E-state index in [0.717, 1.165) is 24.2 Å². The highest BCUT2D eigenvalue weighted by molar-refractivity contribution is 5.78. The van der Waals surface area contributed by atoms with Gasteiger partial charge in [0.15, 0.2) is 0 Å². The van der Waals surface area contributed by atoms with Crippen molar-refractivity contribution in [3.05, 3.63) is 59.2 Å². The van der Waals surface area contributed by atoms with Gasteiger partial charge in [-0.15, -0.1) is 0 Å². The molecule has 1 aromatic carbocycles. The van der Waals surface area contributed by atoms with Gasteiger partial charge in [-0.1, -0.05) is 24.3 Å². The zero-order valence-corrected chi connectivity index (χ0v) is 12.6. The molecule has 1 saturated carbocycles. The summed E-state index contributed by atoms with van der Waals surface area (Å²) in [5.41, 5.74) is 4.80. The van der Waals surface area contributed by atoms with Crippen molar-refractivity contribution in [1.29, 1.82) is 0 Å². The summed E-state index contributed by atoms with van der Waals surface area (Å²) in [6.07, 6.45) is 15.3. The Labute approximate surface area is 130 Å². The third-order valence-electron chi connectivity index (χ3n) is 5.35. The van der Waals surface area contributed by atoms with Gasteiger partial charge in [0.05, 0.1) is 12.0 Å². The van der Waals surface area contributed by atoms with Crippen LogP contribution in [-0.4, -0.2) is 16.3 Å². The topological polar surface area (TPSA) is 45.8 Å². The number of hydrogen-bond acceptors (Lipinski definition) is 2. The Kier molecular flexibility index (Phi) is 3.21. The Hall–Kier alpha value is -2.16. The highest BCUT2D eigenvalue weighted by atomic mass is 16.1. The molecule has 1 aromatic heterocycles. The number of carbonyl (C=O) groups excluding carboxylic acids is 1. The number of carbonyl (C=O) groups is 1. The largest absolute Gasteiger partial charge is 0.351 e. The van der Waals surface area contributed by atoms with Crippen molar-refractivity contribution < 1.29 is 4.79 Å². The summed E-state index contributed by atoms with van der Waals surface area (Å²) in [5, 5.41) is 0. The maximum Gasteiger partial charge on any atom is 0.150 e. The lowest BCUT2D eigenvalue weighted by Gasteiger charge is -2.24. The molecular weight excluding hydrogens is 272 g/mol. The molecule has 2 aliphatic carbocycles. The molecule has 0 radical (unpaired) electrons. The fourth-order valence-corrected chi connectivity index (χ4v) is 4.19. The standard InChI is InChI=1S/C19H20N2O/c22-12-15-2-4-18-16(9-15)6-8-19(18)7-5-14(10-19)1-3-17-11-20-13-21-17/h2,4,6,8-9,11-14H,1,3,5,7,10H2,(H,20,21). The predicted octanol–water partition coefficient (Wildman–Crippen LogP) is 3.92. The van der Waals surface area contributed by atoms with Crippen molar-refractivity contribution >= 4 is 12.4 Å². The van der Waals surface area contributed by atoms with E-state index in [-0.39, 0.29) is 5.41 Å². The Bertz CT molecular complexity index is 717. The highest BCUT2D eigenvalue weighted by Gasteiger charge is 2.41. The van der Waals surface area contributed by atoms with Crippen LogP contribution in [0, 0.1) is 5.92 Å². The van der Waals surface area contributed by atoms with Gasteiger partial charge in [0, 0.05) is 17.2 Å². The number of aromatic amines is 1. The number of imidazole rings is 1. The number of benzene rings is 1.